The molecule has 1 aliphatic heterocycles. The van der Waals surface area contributed by atoms with E-state index in [0.717, 1.165) is 19.4 Å². The summed E-state index contributed by atoms with van der Waals surface area (Å²) in [6.45, 7) is 4.94. The van der Waals surface area contributed by atoms with Crippen LogP contribution < -0.4 is 11.1 Å². The Kier molecular flexibility index (Phi) is 4.84. The molecule has 4 N–H and O–H groups in total. The van der Waals surface area contributed by atoms with Gasteiger partial charge in [-0.25, -0.2) is 0 Å². The molecule has 1 rings (SSSR count). The first-order valence-corrected chi connectivity index (χ1v) is 5.46. The maximum atomic E-state index is 8.45. The molecule has 5 nitrogen and oxygen atoms in total. The lowest BCUT2D eigenvalue weighted by Crippen LogP contribution is -2.43. The Morgan fingerprint density at radius 1 is 1.73 bits per heavy atom. The Morgan fingerprint density at radius 2 is 2.47 bits per heavy atom. The van der Waals surface area contributed by atoms with Gasteiger partial charge in [0.15, 0.2) is 0 Å². The zero-order valence-electron chi connectivity index (χ0n) is 9.44. The van der Waals surface area contributed by atoms with Crippen LogP contribution in [0.3, 0.4) is 0 Å². The molecule has 0 amide bonds. The third kappa shape index (κ3) is 4.48. The molecule has 1 saturated heterocycles. The molecule has 0 aromatic rings. The largest absolute Gasteiger partial charge is 0.409 e. The van der Waals surface area contributed by atoms with Gasteiger partial charge < -0.3 is 21.0 Å². The van der Waals surface area contributed by atoms with Crippen LogP contribution >= 0.6 is 0 Å². The summed E-state index contributed by atoms with van der Waals surface area (Å²) in [6, 6.07) is 0.714. The van der Waals surface area contributed by atoms with Crippen LogP contribution in [0.2, 0.25) is 0 Å². The fourth-order valence-electron chi connectivity index (χ4n) is 1.97. The highest BCUT2D eigenvalue weighted by molar-refractivity contribution is 5.80. The van der Waals surface area contributed by atoms with E-state index < -0.39 is 0 Å². The molecule has 0 saturated carbocycles. The zero-order valence-corrected chi connectivity index (χ0v) is 9.44. The van der Waals surface area contributed by atoms with Crippen LogP contribution in [0.4, 0.5) is 0 Å². The Labute approximate surface area is 90.7 Å². The van der Waals surface area contributed by atoms with E-state index in [9.17, 15) is 0 Å². The first-order chi connectivity index (χ1) is 7.11. The quantitative estimate of drug-likeness (QED) is 0.279. The number of rotatable bonds is 4. The van der Waals surface area contributed by atoms with Gasteiger partial charge in [0.1, 0.15) is 5.84 Å². The Bertz CT molecular complexity index is 221. The average Bonchev–Trinajstić information content (AvgIpc) is 2.17. The third-order valence-corrected chi connectivity index (χ3v) is 2.65. The molecule has 0 aliphatic carbocycles. The van der Waals surface area contributed by atoms with Crippen LogP contribution in [-0.4, -0.2) is 35.8 Å². The second-order valence-corrected chi connectivity index (χ2v) is 4.27. The molecule has 88 valence electrons. The highest BCUT2D eigenvalue weighted by Crippen LogP contribution is 2.14. The summed E-state index contributed by atoms with van der Waals surface area (Å²) in [7, 11) is 0. The lowest BCUT2D eigenvalue weighted by Gasteiger charge is -2.30. The standard InChI is InChI=1S/C10H21N3O2/c1-7(5-10(11)13-14)12-9-3-4-15-8(2)6-9/h7-9,12,14H,3-6H2,1-2H3,(H2,11,13). The van der Waals surface area contributed by atoms with Crippen molar-refractivity contribution < 1.29 is 9.94 Å². The summed E-state index contributed by atoms with van der Waals surface area (Å²) in [5, 5.41) is 14.9. The summed E-state index contributed by atoms with van der Waals surface area (Å²) in [4.78, 5) is 0. The number of nitrogens with one attached hydrogen (secondary N) is 1. The fraction of sp³-hybridized carbons (Fsp3) is 0.900. The number of hydrogen-bond donors (Lipinski definition) is 3. The van der Waals surface area contributed by atoms with E-state index in [0.29, 0.717) is 18.6 Å². The van der Waals surface area contributed by atoms with Gasteiger partial charge in [-0.05, 0) is 26.7 Å². The Hall–Kier alpha value is -0.810. The smallest absolute Gasteiger partial charge is 0.140 e. The molecular formula is C10H21N3O2. The molecule has 3 unspecified atom stereocenters. The van der Waals surface area contributed by atoms with Gasteiger partial charge in [-0.2, -0.15) is 0 Å². The van der Waals surface area contributed by atoms with Crippen LogP contribution in [0.25, 0.3) is 0 Å². The maximum absolute atomic E-state index is 8.45. The van der Waals surface area contributed by atoms with Gasteiger partial charge in [-0.1, -0.05) is 5.16 Å². The molecule has 5 heteroatoms. The van der Waals surface area contributed by atoms with Gasteiger partial charge in [0.2, 0.25) is 0 Å². The van der Waals surface area contributed by atoms with Crippen molar-refractivity contribution in [3.05, 3.63) is 0 Å². The monoisotopic (exact) mass is 215 g/mol. The minimum absolute atomic E-state index is 0.233. The zero-order chi connectivity index (χ0) is 11.3. The van der Waals surface area contributed by atoms with Crippen molar-refractivity contribution in [2.75, 3.05) is 6.61 Å². The van der Waals surface area contributed by atoms with E-state index >= 15 is 0 Å². The molecule has 0 aromatic carbocycles. The third-order valence-electron chi connectivity index (χ3n) is 2.65. The van der Waals surface area contributed by atoms with Gasteiger partial charge in [0, 0.05) is 25.1 Å². The van der Waals surface area contributed by atoms with Gasteiger partial charge in [0.05, 0.1) is 6.10 Å². The molecule has 15 heavy (non-hydrogen) atoms. The number of nitrogens with two attached hydrogens (primary N) is 1. The van der Waals surface area contributed by atoms with E-state index in [1.54, 1.807) is 0 Å². The number of ether oxygens (including phenoxy) is 1. The predicted molar refractivity (Wildman–Crippen MR) is 59.1 cm³/mol. The molecule has 0 aromatic heterocycles. The number of amidine groups is 1. The first-order valence-electron chi connectivity index (χ1n) is 5.46. The summed E-state index contributed by atoms with van der Waals surface area (Å²) in [6.07, 6.45) is 2.96. The van der Waals surface area contributed by atoms with Gasteiger partial charge >= 0.3 is 0 Å². The summed E-state index contributed by atoms with van der Waals surface area (Å²) >= 11 is 0. The summed E-state index contributed by atoms with van der Waals surface area (Å²) in [5.41, 5.74) is 5.44. The van der Waals surface area contributed by atoms with Crippen molar-refractivity contribution in [2.24, 2.45) is 10.9 Å². The highest BCUT2D eigenvalue weighted by atomic mass is 16.5. The first kappa shape index (κ1) is 12.3. The van der Waals surface area contributed by atoms with Crippen LogP contribution in [0.15, 0.2) is 5.16 Å². The molecule has 0 bridgehead atoms. The van der Waals surface area contributed by atoms with Crippen LogP contribution in [-0.2, 0) is 4.74 Å². The lowest BCUT2D eigenvalue weighted by molar-refractivity contribution is 0.0118. The predicted octanol–water partition coefficient (Wildman–Crippen LogP) is 0.669. The van der Waals surface area contributed by atoms with E-state index in [-0.39, 0.29) is 11.9 Å². The van der Waals surface area contributed by atoms with E-state index in [2.05, 4.69) is 17.4 Å². The van der Waals surface area contributed by atoms with Crippen LogP contribution in [0, 0.1) is 0 Å². The molecule has 1 fully saturated rings. The van der Waals surface area contributed by atoms with E-state index in [1.807, 2.05) is 6.92 Å². The summed E-state index contributed by atoms with van der Waals surface area (Å²) in [5.74, 6) is 0.273. The summed E-state index contributed by atoms with van der Waals surface area (Å²) < 4.78 is 5.46. The molecule has 0 radical (unpaired) electrons. The fourth-order valence-corrected chi connectivity index (χ4v) is 1.97. The molecule has 1 heterocycles. The minimum Gasteiger partial charge on any atom is -0.409 e. The van der Waals surface area contributed by atoms with Gasteiger partial charge in [-0.15, -0.1) is 0 Å². The van der Waals surface area contributed by atoms with Crippen LogP contribution in [0.1, 0.15) is 33.1 Å². The van der Waals surface area contributed by atoms with Crippen molar-refractivity contribution >= 4 is 5.84 Å². The number of oxime groups is 1. The highest BCUT2D eigenvalue weighted by Gasteiger charge is 2.20. The second-order valence-electron chi connectivity index (χ2n) is 4.27. The minimum atomic E-state index is 0.233. The molecule has 0 spiro atoms. The Morgan fingerprint density at radius 3 is 3.07 bits per heavy atom. The van der Waals surface area contributed by atoms with Crippen molar-refractivity contribution in [3.63, 3.8) is 0 Å². The average molecular weight is 215 g/mol. The van der Waals surface area contributed by atoms with Crippen molar-refractivity contribution in [1.82, 2.24) is 5.32 Å². The number of hydrogen-bond acceptors (Lipinski definition) is 4. The van der Waals surface area contributed by atoms with E-state index in [1.165, 1.54) is 0 Å². The molecular weight excluding hydrogens is 194 g/mol. The van der Waals surface area contributed by atoms with Crippen molar-refractivity contribution in [2.45, 2.75) is 51.3 Å². The second kappa shape index (κ2) is 5.92. The lowest BCUT2D eigenvalue weighted by atomic mass is 10.0. The van der Waals surface area contributed by atoms with Gasteiger partial charge in [0.25, 0.3) is 0 Å². The molecule has 3 atom stereocenters. The molecule has 1 aliphatic rings. The van der Waals surface area contributed by atoms with E-state index in [4.69, 9.17) is 15.7 Å². The van der Waals surface area contributed by atoms with Crippen molar-refractivity contribution in [1.29, 1.82) is 0 Å². The van der Waals surface area contributed by atoms with Gasteiger partial charge in [-0.3, -0.25) is 0 Å². The topological polar surface area (TPSA) is 79.9 Å². The normalized spacial score (nSPS) is 30.1. The number of nitrogens with zero attached hydrogens (tertiary/aromatic N) is 1. The van der Waals surface area contributed by atoms with Crippen LogP contribution in [0.5, 0.6) is 0 Å². The SMILES string of the molecule is CC(CC(N)=NO)NC1CCOC(C)C1. The Balaban J connectivity index is 2.27. The maximum Gasteiger partial charge on any atom is 0.140 e. The van der Waals surface area contributed by atoms with Crippen molar-refractivity contribution in [3.8, 4) is 0 Å².